The van der Waals surface area contributed by atoms with Crippen molar-refractivity contribution in [2.45, 2.75) is 0 Å². The Balaban J connectivity index is 2.58. The van der Waals surface area contributed by atoms with E-state index in [4.69, 9.17) is 17.3 Å². The first-order chi connectivity index (χ1) is 6.68. The van der Waals surface area contributed by atoms with Crippen molar-refractivity contribution in [1.29, 1.82) is 0 Å². The highest BCUT2D eigenvalue weighted by molar-refractivity contribution is 6.30. The predicted octanol–water partition coefficient (Wildman–Crippen LogP) is 2.45. The van der Waals surface area contributed by atoms with Crippen LogP contribution in [0.2, 0.25) is 5.02 Å². The van der Waals surface area contributed by atoms with E-state index in [1.807, 2.05) is 0 Å². The lowest BCUT2D eigenvalue weighted by Crippen LogP contribution is -1.89. The molecule has 5 heteroatoms. The third-order valence-corrected chi connectivity index (χ3v) is 2.10. The van der Waals surface area contributed by atoms with Gasteiger partial charge in [0.2, 0.25) is 0 Å². The molecule has 0 atom stereocenters. The molecule has 0 aliphatic heterocycles. The standard InChI is InChI=1S/C9H7ClFN3/c10-5-1-2-6(7(11)3-5)9-8(12)4-13-14-9/h1-4H,12H2,(H,13,14). The molecule has 72 valence electrons. The third-order valence-electron chi connectivity index (χ3n) is 1.87. The average molecular weight is 212 g/mol. The van der Waals surface area contributed by atoms with Crippen molar-refractivity contribution in [1.82, 2.24) is 10.2 Å². The first kappa shape index (κ1) is 9.02. The highest BCUT2D eigenvalue weighted by atomic mass is 35.5. The summed E-state index contributed by atoms with van der Waals surface area (Å²) < 4.78 is 13.4. The third kappa shape index (κ3) is 1.44. The summed E-state index contributed by atoms with van der Waals surface area (Å²) in [6, 6.07) is 4.39. The van der Waals surface area contributed by atoms with Gasteiger partial charge in [-0.3, -0.25) is 5.10 Å². The Hall–Kier alpha value is -1.55. The van der Waals surface area contributed by atoms with Gasteiger partial charge in [0.25, 0.3) is 0 Å². The fourth-order valence-electron chi connectivity index (χ4n) is 1.20. The van der Waals surface area contributed by atoms with Crippen molar-refractivity contribution in [3.8, 4) is 11.3 Å². The Morgan fingerprint density at radius 2 is 2.21 bits per heavy atom. The molecule has 3 N–H and O–H groups in total. The first-order valence-corrected chi connectivity index (χ1v) is 4.30. The van der Waals surface area contributed by atoms with Gasteiger partial charge < -0.3 is 5.73 Å². The molecule has 0 radical (unpaired) electrons. The van der Waals surface area contributed by atoms with E-state index in [0.717, 1.165) is 0 Å². The van der Waals surface area contributed by atoms with Crippen molar-refractivity contribution in [3.63, 3.8) is 0 Å². The van der Waals surface area contributed by atoms with Crippen LogP contribution in [0.1, 0.15) is 0 Å². The summed E-state index contributed by atoms with van der Waals surface area (Å²) >= 11 is 5.62. The lowest BCUT2D eigenvalue weighted by atomic mass is 10.1. The van der Waals surface area contributed by atoms with E-state index in [0.29, 0.717) is 22.0 Å². The van der Waals surface area contributed by atoms with Crippen molar-refractivity contribution < 1.29 is 4.39 Å². The Morgan fingerprint density at radius 1 is 1.43 bits per heavy atom. The summed E-state index contributed by atoms with van der Waals surface area (Å²) in [4.78, 5) is 0. The van der Waals surface area contributed by atoms with Crippen LogP contribution in [0.25, 0.3) is 11.3 Å². The summed E-state index contributed by atoms with van der Waals surface area (Å²) in [6.45, 7) is 0. The van der Waals surface area contributed by atoms with E-state index in [-0.39, 0.29) is 0 Å². The molecule has 1 aromatic carbocycles. The number of rotatable bonds is 1. The zero-order valence-corrected chi connectivity index (χ0v) is 7.85. The molecule has 0 aliphatic rings. The highest BCUT2D eigenvalue weighted by Gasteiger charge is 2.09. The van der Waals surface area contributed by atoms with Gasteiger partial charge in [0.1, 0.15) is 5.82 Å². The molecule has 3 nitrogen and oxygen atoms in total. The molecular formula is C9H7ClFN3. The molecule has 14 heavy (non-hydrogen) atoms. The number of nitrogen functional groups attached to an aromatic ring is 1. The van der Waals surface area contributed by atoms with Crippen LogP contribution in [0.15, 0.2) is 24.4 Å². The van der Waals surface area contributed by atoms with Gasteiger partial charge in [0.15, 0.2) is 0 Å². The summed E-state index contributed by atoms with van der Waals surface area (Å²) in [5.41, 5.74) is 6.83. The van der Waals surface area contributed by atoms with Gasteiger partial charge in [0.05, 0.1) is 17.6 Å². The summed E-state index contributed by atoms with van der Waals surface area (Å²) in [5, 5.41) is 6.69. The van der Waals surface area contributed by atoms with Gasteiger partial charge in [0, 0.05) is 10.6 Å². The van der Waals surface area contributed by atoms with Gasteiger partial charge >= 0.3 is 0 Å². The topological polar surface area (TPSA) is 54.7 Å². The van der Waals surface area contributed by atoms with Crippen molar-refractivity contribution >= 4 is 17.3 Å². The van der Waals surface area contributed by atoms with Gasteiger partial charge in [-0.25, -0.2) is 4.39 Å². The Kier molecular flexibility index (Phi) is 2.13. The van der Waals surface area contributed by atoms with Crippen LogP contribution in [-0.4, -0.2) is 10.2 Å². The number of nitrogens with two attached hydrogens (primary N) is 1. The Morgan fingerprint density at radius 3 is 2.79 bits per heavy atom. The number of H-pyrrole nitrogens is 1. The van der Waals surface area contributed by atoms with E-state index >= 15 is 0 Å². The molecule has 0 saturated heterocycles. The molecule has 0 unspecified atom stereocenters. The molecule has 0 aliphatic carbocycles. The maximum Gasteiger partial charge on any atom is 0.134 e. The van der Waals surface area contributed by atoms with Crippen LogP contribution in [0.5, 0.6) is 0 Å². The molecule has 0 spiro atoms. The zero-order valence-electron chi connectivity index (χ0n) is 7.09. The SMILES string of the molecule is Nc1cn[nH]c1-c1ccc(Cl)cc1F. The van der Waals surface area contributed by atoms with Crippen LogP contribution < -0.4 is 5.73 Å². The lowest BCUT2D eigenvalue weighted by Gasteiger charge is -2.01. The monoisotopic (exact) mass is 211 g/mol. The predicted molar refractivity (Wildman–Crippen MR) is 53.4 cm³/mol. The number of aromatic amines is 1. The van der Waals surface area contributed by atoms with Gasteiger partial charge in [-0.15, -0.1) is 0 Å². The molecule has 1 heterocycles. The fourth-order valence-corrected chi connectivity index (χ4v) is 1.36. The molecule has 2 rings (SSSR count). The highest BCUT2D eigenvalue weighted by Crippen LogP contribution is 2.27. The van der Waals surface area contributed by atoms with E-state index in [9.17, 15) is 4.39 Å². The molecule has 0 saturated carbocycles. The number of anilines is 1. The van der Waals surface area contributed by atoms with Crippen molar-refractivity contribution in [3.05, 3.63) is 35.2 Å². The minimum atomic E-state index is -0.423. The van der Waals surface area contributed by atoms with Crippen LogP contribution in [-0.2, 0) is 0 Å². The number of aromatic nitrogens is 2. The molecule has 0 fully saturated rings. The van der Waals surface area contributed by atoms with Crippen LogP contribution in [0.4, 0.5) is 10.1 Å². The van der Waals surface area contributed by atoms with Crippen molar-refractivity contribution in [2.75, 3.05) is 5.73 Å². The van der Waals surface area contributed by atoms with Gasteiger partial charge in [-0.1, -0.05) is 11.6 Å². The number of hydrogen-bond acceptors (Lipinski definition) is 2. The maximum absolute atomic E-state index is 13.4. The van der Waals surface area contributed by atoms with E-state index in [1.54, 1.807) is 12.1 Å². The van der Waals surface area contributed by atoms with E-state index in [2.05, 4.69) is 10.2 Å². The Labute approximate surface area is 84.7 Å². The molecule has 1 aromatic heterocycles. The average Bonchev–Trinajstić information content (AvgIpc) is 2.52. The second-order valence-corrected chi connectivity index (χ2v) is 3.26. The van der Waals surface area contributed by atoms with E-state index in [1.165, 1.54) is 12.3 Å². The first-order valence-electron chi connectivity index (χ1n) is 3.93. The summed E-state index contributed by atoms with van der Waals surface area (Å²) in [6.07, 6.45) is 1.43. The van der Waals surface area contributed by atoms with Crippen LogP contribution in [0, 0.1) is 5.82 Å². The summed E-state index contributed by atoms with van der Waals surface area (Å²) in [7, 11) is 0. The molecule has 0 bridgehead atoms. The quantitative estimate of drug-likeness (QED) is 0.761. The smallest absolute Gasteiger partial charge is 0.134 e. The van der Waals surface area contributed by atoms with Crippen molar-refractivity contribution in [2.24, 2.45) is 0 Å². The minimum absolute atomic E-state index is 0.351. The fraction of sp³-hybridized carbons (Fsp3) is 0. The lowest BCUT2D eigenvalue weighted by molar-refractivity contribution is 0.631. The largest absolute Gasteiger partial charge is 0.396 e. The second-order valence-electron chi connectivity index (χ2n) is 2.82. The normalized spacial score (nSPS) is 10.4. The number of hydrogen-bond donors (Lipinski definition) is 2. The van der Waals surface area contributed by atoms with Crippen LogP contribution in [0.3, 0.4) is 0 Å². The number of nitrogens with one attached hydrogen (secondary N) is 1. The molecule has 2 aromatic rings. The molecule has 0 amide bonds. The van der Waals surface area contributed by atoms with Crippen LogP contribution >= 0.6 is 11.6 Å². The Bertz CT molecular complexity index is 467. The van der Waals surface area contributed by atoms with Gasteiger partial charge in [-0.05, 0) is 18.2 Å². The number of halogens is 2. The molecular weight excluding hydrogens is 205 g/mol. The zero-order chi connectivity index (χ0) is 10.1. The summed E-state index contributed by atoms with van der Waals surface area (Å²) in [5.74, 6) is -0.423. The minimum Gasteiger partial charge on any atom is -0.396 e. The number of nitrogens with zero attached hydrogens (tertiary/aromatic N) is 1. The number of benzene rings is 1. The van der Waals surface area contributed by atoms with Gasteiger partial charge in [-0.2, -0.15) is 5.10 Å². The maximum atomic E-state index is 13.4. The van der Waals surface area contributed by atoms with E-state index < -0.39 is 5.82 Å². The second kappa shape index (κ2) is 3.31.